The maximum Gasteiger partial charge on any atom is 0.262 e. The average Bonchev–Trinajstić information content (AvgIpc) is 3.27. The molecular weight excluding hydrogens is 416 g/mol. The minimum Gasteiger partial charge on any atom is -0.508 e. The zero-order valence-corrected chi connectivity index (χ0v) is 17.1. The lowest BCUT2D eigenvalue weighted by atomic mass is 9.90. The quantitative estimate of drug-likeness (QED) is 0.626. The van der Waals surface area contributed by atoms with E-state index in [1.165, 1.54) is 9.96 Å². The van der Waals surface area contributed by atoms with Crippen molar-refractivity contribution in [1.82, 2.24) is 4.90 Å². The molecule has 0 spiro atoms. The second kappa shape index (κ2) is 7.72. The van der Waals surface area contributed by atoms with Gasteiger partial charge in [-0.3, -0.25) is 19.3 Å². The van der Waals surface area contributed by atoms with Gasteiger partial charge < -0.3 is 5.11 Å². The Labute approximate surface area is 184 Å². The molecule has 2 fully saturated rings. The van der Waals surface area contributed by atoms with E-state index in [0.29, 0.717) is 16.3 Å². The van der Waals surface area contributed by atoms with Gasteiger partial charge in [-0.15, -0.1) is 0 Å². The van der Waals surface area contributed by atoms with Gasteiger partial charge in [-0.25, -0.2) is 5.06 Å². The van der Waals surface area contributed by atoms with Crippen LogP contribution in [0, 0.1) is 5.92 Å². The number of para-hydroxylation sites is 1. The summed E-state index contributed by atoms with van der Waals surface area (Å²) in [5, 5.41) is 12.6. The summed E-state index contributed by atoms with van der Waals surface area (Å²) in [7, 11) is 0. The number of carbonyl (C=O) groups excluding carboxylic acids is 2. The normalized spacial score (nSPS) is 22.8. The van der Waals surface area contributed by atoms with Crippen molar-refractivity contribution < 1.29 is 19.5 Å². The van der Waals surface area contributed by atoms with E-state index in [2.05, 4.69) is 0 Å². The fourth-order valence-electron chi connectivity index (χ4n) is 4.26. The van der Waals surface area contributed by atoms with E-state index < -0.39 is 18.1 Å². The van der Waals surface area contributed by atoms with Gasteiger partial charge in [0.2, 0.25) is 5.91 Å². The first-order valence-electron chi connectivity index (χ1n) is 9.93. The summed E-state index contributed by atoms with van der Waals surface area (Å²) in [6, 6.07) is 22.4. The SMILES string of the molecule is O=C1[C@H]2[C@@H](c3ccccc3O)N(c3ccc(Cl)cc3)O[C@H]2C(=O)N1Cc1ccccc1. The Hall–Kier alpha value is -3.35. The zero-order valence-electron chi connectivity index (χ0n) is 16.4. The largest absolute Gasteiger partial charge is 0.508 e. The molecule has 31 heavy (non-hydrogen) atoms. The summed E-state index contributed by atoms with van der Waals surface area (Å²) in [5.41, 5.74) is 2.02. The van der Waals surface area contributed by atoms with Gasteiger partial charge >= 0.3 is 0 Å². The van der Waals surface area contributed by atoms with Gasteiger partial charge in [-0.2, -0.15) is 0 Å². The number of carbonyl (C=O) groups is 2. The van der Waals surface area contributed by atoms with Crippen LogP contribution in [0.2, 0.25) is 5.02 Å². The molecule has 0 aromatic heterocycles. The minimum atomic E-state index is -0.962. The summed E-state index contributed by atoms with van der Waals surface area (Å²) < 4.78 is 0. The molecule has 2 saturated heterocycles. The predicted molar refractivity (Wildman–Crippen MR) is 115 cm³/mol. The third-order valence-corrected chi connectivity index (χ3v) is 5.98. The van der Waals surface area contributed by atoms with Crippen LogP contribution in [0.4, 0.5) is 5.69 Å². The van der Waals surface area contributed by atoms with Crippen LogP contribution in [0.3, 0.4) is 0 Å². The molecule has 0 bridgehead atoms. The van der Waals surface area contributed by atoms with Crippen molar-refractivity contribution in [2.75, 3.05) is 5.06 Å². The Morgan fingerprint density at radius 1 is 0.871 bits per heavy atom. The standard InChI is InChI=1S/C24H19ClN2O4/c25-16-10-12-17(13-11-16)27-21(18-8-4-5-9-19(18)28)20-22(31-27)24(30)26(23(20)29)14-15-6-2-1-3-7-15/h1-13,20-22,28H,14H2/t20-,21+,22+/m0/s1. The average molecular weight is 435 g/mol. The number of hydrogen-bond donors (Lipinski definition) is 1. The van der Waals surface area contributed by atoms with Crippen LogP contribution in [0.1, 0.15) is 17.2 Å². The highest BCUT2D eigenvalue weighted by atomic mass is 35.5. The van der Waals surface area contributed by atoms with Crippen LogP contribution in [-0.4, -0.2) is 27.9 Å². The van der Waals surface area contributed by atoms with E-state index in [-0.39, 0.29) is 24.1 Å². The number of hydroxylamine groups is 1. The summed E-state index contributed by atoms with van der Waals surface area (Å²) in [5.74, 6) is -1.43. The van der Waals surface area contributed by atoms with Gasteiger partial charge in [-0.1, -0.05) is 60.1 Å². The van der Waals surface area contributed by atoms with Crippen LogP contribution in [0.5, 0.6) is 5.75 Å². The van der Waals surface area contributed by atoms with Gasteiger partial charge in [-0.05, 0) is 35.9 Å². The molecule has 156 valence electrons. The van der Waals surface area contributed by atoms with E-state index in [9.17, 15) is 14.7 Å². The first-order valence-corrected chi connectivity index (χ1v) is 10.3. The fourth-order valence-corrected chi connectivity index (χ4v) is 4.38. The summed E-state index contributed by atoms with van der Waals surface area (Å²) in [6.45, 7) is 0.184. The highest BCUT2D eigenvalue weighted by Gasteiger charge is 2.60. The number of likely N-dealkylation sites (tertiary alicyclic amines) is 1. The van der Waals surface area contributed by atoms with Crippen molar-refractivity contribution in [3.05, 3.63) is 95.0 Å². The van der Waals surface area contributed by atoms with Gasteiger partial charge in [0.05, 0.1) is 18.3 Å². The van der Waals surface area contributed by atoms with Crippen LogP contribution in [-0.2, 0) is 21.0 Å². The topological polar surface area (TPSA) is 70.1 Å². The monoisotopic (exact) mass is 434 g/mol. The molecule has 3 aromatic rings. The highest BCUT2D eigenvalue weighted by Crippen LogP contribution is 2.48. The van der Waals surface area contributed by atoms with Gasteiger partial charge in [0.25, 0.3) is 5.91 Å². The summed E-state index contributed by atoms with van der Waals surface area (Å²) in [6.07, 6.45) is -0.962. The summed E-state index contributed by atoms with van der Waals surface area (Å²) in [4.78, 5) is 33.9. The third kappa shape index (κ3) is 3.34. The lowest BCUT2D eigenvalue weighted by Gasteiger charge is -2.29. The first-order chi connectivity index (χ1) is 15.0. The number of aromatic hydroxyl groups is 1. The molecule has 0 radical (unpaired) electrons. The lowest BCUT2D eigenvalue weighted by Crippen LogP contribution is -2.36. The second-order valence-electron chi connectivity index (χ2n) is 7.61. The van der Waals surface area contributed by atoms with Crippen molar-refractivity contribution in [2.24, 2.45) is 5.92 Å². The molecule has 0 saturated carbocycles. The van der Waals surface area contributed by atoms with E-state index in [4.69, 9.17) is 16.4 Å². The molecule has 0 aliphatic carbocycles. The number of phenolic OH excluding ortho intramolecular Hbond substituents is 1. The zero-order chi connectivity index (χ0) is 21.5. The Morgan fingerprint density at radius 3 is 2.26 bits per heavy atom. The number of hydrogen-bond acceptors (Lipinski definition) is 5. The van der Waals surface area contributed by atoms with Crippen LogP contribution < -0.4 is 5.06 Å². The van der Waals surface area contributed by atoms with Crippen molar-refractivity contribution >= 4 is 29.1 Å². The molecule has 2 aliphatic heterocycles. The number of halogens is 1. The van der Waals surface area contributed by atoms with Crippen molar-refractivity contribution in [2.45, 2.75) is 18.7 Å². The van der Waals surface area contributed by atoms with Crippen LogP contribution in [0.25, 0.3) is 0 Å². The smallest absolute Gasteiger partial charge is 0.262 e. The fraction of sp³-hybridized carbons (Fsp3) is 0.167. The van der Waals surface area contributed by atoms with Crippen molar-refractivity contribution in [3.63, 3.8) is 0 Å². The number of phenols is 1. The third-order valence-electron chi connectivity index (χ3n) is 5.73. The number of benzene rings is 3. The molecule has 2 aliphatic rings. The molecule has 1 N–H and O–H groups in total. The molecule has 2 amide bonds. The van der Waals surface area contributed by atoms with Crippen LogP contribution >= 0.6 is 11.6 Å². The Kier molecular flexibility index (Phi) is 4.88. The van der Waals surface area contributed by atoms with E-state index in [0.717, 1.165) is 5.56 Å². The molecule has 0 unspecified atom stereocenters. The molecule has 3 atom stereocenters. The second-order valence-corrected chi connectivity index (χ2v) is 8.04. The number of fused-ring (bicyclic) bond motifs is 1. The number of amides is 2. The Bertz CT molecular complexity index is 1140. The molecule has 2 heterocycles. The lowest BCUT2D eigenvalue weighted by molar-refractivity contribution is -0.143. The molecular formula is C24H19ClN2O4. The van der Waals surface area contributed by atoms with Gasteiger partial charge in [0, 0.05) is 10.6 Å². The Balaban J connectivity index is 1.54. The summed E-state index contributed by atoms with van der Waals surface area (Å²) >= 11 is 6.02. The van der Waals surface area contributed by atoms with E-state index >= 15 is 0 Å². The molecule has 6 nitrogen and oxygen atoms in total. The Morgan fingerprint density at radius 2 is 1.55 bits per heavy atom. The van der Waals surface area contributed by atoms with Crippen molar-refractivity contribution in [1.29, 1.82) is 0 Å². The predicted octanol–water partition coefficient (Wildman–Crippen LogP) is 4.09. The number of imide groups is 1. The molecule has 3 aromatic carbocycles. The number of rotatable bonds is 4. The van der Waals surface area contributed by atoms with Gasteiger partial charge in [0.15, 0.2) is 6.10 Å². The van der Waals surface area contributed by atoms with Crippen molar-refractivity contribution in [3.8, 4) is 5.75 Å². The van der Waals surface area contributed by atoms with E-state index in [1.807, 2.05) is 30.3 Å². The maximum absolute atomic E-state index is 13.4. The highest BCUT2D eigenvalue weighted by molar-refractivity contribution is 6.30. The maximum atomic E-state index is 13.4. The minimum absolute atomic E-state index is 0.0393. The number of anilines is 1. The molecule has 7 heteroatoms. The van der Waals surface area contributed by atoms with Gasteiger partial charge in [0.1, 0.15) is 11.7 Å². The van der Waals surface area contributed by atoms with E-state index in [1.54, 1.807) is 48.5 Å². The first kappa shape index (κ1) is 19.6. The molecule has 5 rings (SSSR count). The van der Waals surface area contributed by atoms with Crippen LogP contribution in [0.15, 0.2) is 78.9 Å². The number of nitrogens with zero attached hydrogens (tertiary/aromatic N) is 2.